The zero-order valence-electron chi connectivity index (χ0n) is 7.59. The monoisotopic (exact) mass is 162 g/mol. The van der Waals surface area contributed by atoms with Crippen molar-refractivity contribution in [1.29, 1.82) is 0 Å². The maximum atomic E-state index is 9.64. The Kier molecular flexibility index (Phi) is 2.54. The predicted octanol–water partition coefficient (Wildman–Crippen LogP) is 2.91. The lowest BCUT2D eigenvalue weighted by atomic mass is 10.0. The molecule has 1 N–H and O–H groups in total. The van der Waals surface area contributed by atoms with E-state index in [1.807, 2.05) is 26.0 Å². The first-order valence-electron chi connectivity index (χ1n) is 4.14. The van der Waals surface area contributed by atoms with Gasteiger partial charge in [-0.3, -0.25) is 0 Å². The van der Waals surface area contributed by atoms with Crippen LogP contribution < -0.4 is 0 Å². The first-order valence-corrected chi connectivity index (χ1v) is 4.14. The Morgan fingerprint density at radius 1 is 1.50 bits per heavy atom. The second kappa shape index (κ2) is 3.44. The topological polar surface area (TPSA) is 20.2 Å². The van der Waals surface area contributed by atoms with Crippen molar-refractivity contribution < 1.29 is 5.11 Å². The highest BCUT2D eigenvalue weighted by atomic mass is 16.3. The molecule has 0 bridgehead atoms. The van der Waals surface area contributed by atoms with Gasteiger partial charge in [-0.2, -0.15) is 0 Å². The normalized spacial score (nSPS) is 9.83. The average Bonchev–Trinajstić information content (AvgIpc) is 2.08. The third kappa shape index (κ3) is 1.50. The summed E-state index contributed by atoms with van der Waals surface area (Å²) < 4.78 is 0. The van der Waals surface area contributed by atoms with Gasteiger partial charge in [-0.25, -0.2) is 0 Å². The third-order valence-corrected chi connectivity index (χ3v) is 1.96. The molecule has 1 aromatic rings. The van der Waals surface area contributed by atoms with E-state index < -0.39 is 0 Å². The van der Waals surface area contributed by atoms with Gasteiger partial charge < -0.3 is 5.11 Å². The van der Waals surface area contributed by atoms with E-state index in [0.717, 1.165) is 17.5 Å². The largest absolute Gasteiger partial charge is 0.507 e. The molecule has 1 aromatic carbocycles. The molecule has 1 heteroatoms. The van der Waals surface area contributed by atoms with Crippen LogP contribution in [0.3, 0.4) is 0 Å². The molecule has 0 heterocycles. The van der Waals surface area contributed by atoms with E-state index in [1.54, 1.807) is 6.08 Å². The van der Waals surface area contributed by atoms with Crippen molar-refractivity contribution in [2.75, 3.05) is 0 Å². The molecule has 0 saturated carbocycles. The van der Waals surface area contributed by atoms with Crippen LogP contribution in [0.25, 0.3) is 6.08 Å². The number of aromatic hydroxyl groups is 1. The maximum absolute atomic E-state index is 9.64. The highest BCUT2D eigenvalue weighted by Gasteiger charge is 2.03. The summed E-state index contributed by atoms with van der Waals surface area (Å²) in [6, 6.07) is 3.93. The van der Waals surface area contributed by atoms with Crippen LogP contribution in [0.5, 0.6) is 5.75 Å². The summed E-state index contributed by atoms with van der Waals surface area (Å²) in [5.74, 6) is 0.373. The molecule has 0 aromatic heterocycles. The zero-order valence-corrected chi connectivity index (χ0v) is 7.59. The van der Waals surface area contributed by atoms with Crippen molar-refractivity contribution in [1.82, 2.24) is 0 Å². The summed E-state index contributed by atoms with van der Waals surface area (Å²) in [6.45, 7) is 7.70. The number of rotatable bonds is 2. The minimum absolute atomic E-state index is 0.373. The Balaban J connectivity index is 3.31. The summed E-state index contributed by atoms with van der Waals surface area (Å²) in [5, 5.41) is 9.64. The lowest BCUT2D eigenvalue weighted by Crippen LogP contribution is -1.86. The SMILES string of the molecule is C=Cc1cc(C)cc(CC)c1O. The summed E-state index contributed by atoms with van der Waals surface area (Å²) in [5.41, 5.74) is 2.98. The first kappa shape index (κ1) is 8.85. The molecule has 1 nitrogen and oxygen atoms in total. The van der Waals surface area contributed by atoms with E-state index in [4.69, 9.17) is 0 Å². The number of phenols is 1. The number of aryl methyl sites for hydroxylation is 2. The maximum Gasteiger partial charge on any atom is 0.125 e. The lowest BCUT2D eigenvalue weighted by Gasteiger charge is -2.06. The molecule has 0 radical (unpaired) electrons. The summed E-state index contributed by atoms with van der Waals surface area (Å²) in [6.07, 6.45) is 2.54. The van der Waals surface area contributed by atoms with Crippen LogP contribution in [0.2, 0.25) is 0 Å². The van der Waals surface area contributed by atoms with Crippen LogP contribution in [-0.4, -0.2) is 5.11 Å². The van der Waals surface area contributed by atoms with Crippen LogP contribution in [-0.2, 0) is 6.42 Å². The Labute approximate surface area is 73.4 Å². The van der Waals surface area contributed by atoms with Gasteiger partial charge in [0.25, 0.3) is 0 Å². The third-order valence-electron chi connectivity index (χ3n) is 1.96. The quantitative estimate of drug-likeness (QED) is 0.709. The Morgan fingerprint density at radius 2 is 2.17 bits per heavy atom. The Hall–Kier alpha value is -1.24. The van der Waals surface area contributed by atoms with Crippen molar-refractivity contribution in [3.05, 3.63) is 35.4 Å². The fourth-order valence-electron chi connectivity index (χ4n) is 1.31. The van der Waals surface area contributed by atoms with E-state index in [1.165, 1.54) is 5.56 Å². The van der Waals surface area contributed by atoms with Crippen LogP contribution in [0, 0.1) is 6.92 Å². The van der Waals surface area contributed by atoms with Gasteiger partial charge in [0.1, 0.15) is 5.75 Å². The van der Waals surface area contributed by atoms with Crippen molar-refractivity contribution in [2.45, 2.75) is 20.3 Å². The first-order chi connectivity index (χ1) is 5.69. The molecule has 0 amide bonds. The van der Waals surface area contributed by atoms with Crippen LogP contribution >= 0.6 is 0 Å². The summed E-state index contributed by atoms with van der Waals surface area (Å²) in [4.78, 5) is 0. The summed E-state index contributed by atoms with van der Waals surface area (Å²) >= 11 is 0. The minimum atomic E-state index is 0.373. The summed E-state index contributed by atoms with van der Waals surface area (Å²) in [7, 11) is 0. The molecule has 64 valence electrons. The van der Waals surface area contributed by atoms with E-state index in [2.05, 4.69) is 6.58 Å². The van der Waals surface area contributed by atoms with Gasteiger partial charge in [-0.1, -0.05) is 25.6 Å². The molecule has 0 aliphatic carbocycles. The fraction of sp³-hybridized carbons (Fsp3) is 0.273. The van der Waals surface area contributed by atoms with E-state index in [9.17, 15) is 5.11 Å². The van der Waals surface area contributed by atoms with Gasteiger partial charge in [0.15, 0.2) is 0 Å². The molecule has 0 aliphatic heterocycles. The van der Waals surface area contributed by atoms with Gasteiger partial charge in [-0.15, -0.1) is 0 Å². The van der Waals surface area contributed by atoms with Gasteiger partial charge in [0.2, 0.25) is 0 Å². The van der Waals surface area contributed by atoms with E-state index in [0.29, 0.717) is 5.75 Å². The molecule has 0 unspecified atom stereocenters. The molecule has 12 heavy (non-hydrogen) atoms. The molecule has 0 aliphatic rings. The van der Waals surface area contributed by atoms with Crippen LogP contribution in [0.4, 0.5) is 0 Å². The number of hydrogen-bond acceptors (Lipinski definition) is 1. The highest BCUT2D eigenvalue weighted by Crippen LogP contribution is 2.25. The van der Waals surface area contributed by atoms with Crippen LogP contribution in [0.15, 0.2) is 18.7 Å². The molecule has 0 fully saturated rings. The van der Waals surface area contributed by atoms with Crippen molar-refractivity contribution in [3.63, 3.8) is 0 Å². The fourth-order valence-corrected chi connectivity index (χ4v) is 1.31. The van der Waals surface area contributed by atoms with Gasteiger partial charge >= 0.3 is 0 Å². The van der Waals surface area contributed by atoms with Crippen molar-refractivity contribution >= 4 is 6.08 Å². The molecule has 0 spiro atoms. The predicted molar refractivity (Wildman–Crippen MR) is 52.3 cm³/mol. The second-order valence-corrected chi connectivity index (χ2v) is 2.92. The zero-order chi connectivity index (χ0) is 9.14. The highest BCUT2D eigenvalue weighted by molar-refractivity contribution is 5.59. The molecule has 1 rings (SSSR count). The molecular weight excluding hydrogens is 148 g/mol. The molecular formula is C11H14O. The average molecular weight is 162 g/mol. The molecule has 0 saturated heterocycles. The smallest absolute Gasteiger partial charge is 0.125 e. The molecule has 0 atom stereocenters. The minimum Gasteiger partial charge on any atom is -0.507 e. The lowest BCUT2D eigenvalue weighted by molar-refractivity contribution is 0.467. The van der Waals surface area contributed by atoms with Crippen molar-refractivity contribution in [3.8, 4) is 5.75 Å². The second-order valence-electron chi connectivity index (χ2n) is 2.92. The number of hydrogen-bond donors (Lipinski definition) is 1. The Morgan fingerprint density at radius 3 is 2.67 bits per heavy atom. The number of phenolic OH excluding ortho intramolecular Hbond substituents is 1. The van der Waals surface area contributed by atoms with E-state index >= 15 is 0 Å². The van der Waals surface area contributed by atoms with Crippen LogP contribution in [0.1, 0.15) is 23.6 Å². The van der Waals surface area contributed by atoms with Gasteiger partial charge in [0.05, 0.1) is 0 Å². The Bertz CT molecular complexity index is 300. The van der Waals surface area contributed by atoms with Crippen molar-refractivity contribution in [2.24, 2.45) is 0 Å². The van der Waals surface area contributed by atoms with E-state index in [-0.39, 0.29) is 0 Å². The standard InChI is InChI=1S/C11H14O/c1-4-9-6-8(3)7-10(5-2)11(9)12/h4,6-7,12H,1,5H2,2-3H3. The van der Waals surface area contributed by atoms with Gasteiger partial charge in [0, 0.05) is 5.56 Å². The number of benzene rings is 1. The van der Waals surface area contributed by atoms with Gasteiger partial charge in [-0.05, 0) is 30.5 Å².